The summed E-state index contributed by atoms with van der Waals surface area (Å²) in [4.78, 5) is 8.10. The molecule has 3 nitrogen and oxygen atoms in total. The topological polar surface area (TPSA) is 21.8 Å². The van der Waals surface area contributed by atoms with Crippen LogP contribution in [0.2, 0.25) is 0 Å². The van der Waals surface area contributed by atoms with E-state index in [4.69, 9.17) is 0 Å². The largest absolute Gasteiger partial charge is 0.332 e. The van der Waals surface area contributed by atoms with Crippen LogP contribution in [0.15, 0.2) is 24.4 Å². The fourth-order valence-electron chi connectivity index (χ4n) is 4.54. The van der Waals surface area contributed by atoms with E-state index < -0.39 is 0 Å². The van der Waals surface area contributed by atoms with E-state index in [0.717, 1.165) is 24.4 Å². The Morgan fingerprint density at radius 2 is 1.81 bits per heavy atom. The minimum Gasteiger partial charge on any atom is -0.332 e. The molecule has 0 bridgehead atoms. The van der Waals surface area contributed by atoms with E-state index in [1.165, 1.54) is 51.1 Å². The van der Waals surface area contributed by atoms with Gasteiger partial charge in [-0.05, 0) is 18.6 Å². The van der Waals surface area contributed by atoms with Crippen molar-refractivity contribution in [1.82, 2.24) is 4.98 Å². The molecule has 0 radical (unpaired) electrons. The van der Waals surface area contributed by atoms with Crippen LogP contribution < -0.4 is 9.80 Å². The van der Waals surface area contributed by atoms with E-state index in [1.54, 1.807) is 4.90 Å². The number of likely N-dealkylation sites (tertiary alicyclic amines) is 2. The molecule has 21 heavy (non-hydrogen) atoms. The molecule has 2 fully saturated rings. The molecule has 0 saturated carbocycles. The van der Waals surface area contributed by atoms with Gasteiger partial charge in [0.2, 0.25) is 0 Å². The first kappa shape index (κ1) is 15.0. The second kappa shape index (κ2) is 6.89. The number of pyridine rings is 1. The lowest BCUT2D eigenvalue weighted by molar-refractivity contribution is -0.969. The fraction of sp³-hybridized carbons (Fsp3) is 0.722. The number of hydrogen-bond acceptors (Lipinski definition) is 1. The number of nitrogens with zero attached hydrogens (tertiary/aromatic N) is 1. The zero-order valence-corrected chi connectivity index (χ0v) is 13.6. The lowest BCUT2D eigenvalue weighted by atomic mass is 9.89. The number of nitrogens with one attached hydrogen (secondary N) is 2. The maximum Gasteiger partial charge on any atom is 0.120 e. The van der Waals surface area contributed by atoms with Crippen molar-refractivity contribution in [3.63, 3.8) is 0 Å². The summed E-state index contributed by atoms with van der Waals surface area (Å²) in [6.45, 7) is 11.5. The third-order valence-electron chi connectivity index (χ3n) is 5.45. The standard InChI is InChI=1S/C18H29N3/c1-15-11-16(2)13-21(12-15)18-6-9-20(10-7-18)14-17-5-3-4-8-19-17/h3-5,8,15-16,18H,6-7,9-14H2,1-2H3/p+2/t15-,16+. The minimum atomic E-state index is 0.919. The van der Waals surface area contributed by atoms with Gasteiger partial charge in [-0.25, -0.2) is 0 Å². The Morgan fingerprint density at radius 1 is 1.10 bits per heavy atom. The Labute approximate surface area is 129 Å². The first-order valence-electron chi connectivity index (χ1n) is 8.78. The predicted molar refractivity (Wildman–Crippen MR) is 85.3 cm³/mol. The first-order valence-corrected chi connectivity index (χ1v) is 8.78. The Hall–Kier alpha value is -0.930. The average Bonchev–Trinajstić information content (AvgIpc) is 2.48. The molecule has 3 heteroatoms. The normalized spacial score (nSPS) is 37.3. The third kappa shape index (κ3) is 4.04. The summed E-state index contributed by atoms with van der Waals surface area (Å²) in [7, 11) is 0. The molecule has 0 spiro atoms. The summed E-state index contributed by atoms with van der Waals surface area (Å²) < 4.78 is 0. The highest BCUT2D eigenvalue weighted by atomic mass is 15.2. The van der Waals surface area contributed by atoms with E-state index in [0.29, 0.717) is 0 Å². The van der Waals surface area contributed by atoms with Crippen molar-refractivity contribution in [3.8, 4) is 0 Å². The fourth-order valence-corrected chi connectivity index (χ4v) is 4.54. The van der Waals surface area contributed by atoms with E-state index in [1.807, 2.05) is 17.2 Å². The van der Waals surface area contributed by atoms with E-state index in [-0.39, 0.29) is 0 Å². The number of piperidine rings is 2. The van der Waals surface area contributed by atoms with Crippen LogP contribution in [0.4, 0.5) is 0 Å². The molecule has 2 N–H and O–H groups in total. The van der Waals surface area contributed by atoms with Crippen LogP contribution in [0.1, 0.15) is 38.8 Å². The second-order valence-electron chi connectivity index (χ2n) is 7.53. The SMILES string of the molecule is C[C@@H]1C[C@H](C)C[NH+](C2CC[NH+](Cc3ccccn3)CC2)C1. The molecule has 116 valence electrons. The van der Waals surface area contributed by atoms with Crippen molar-refractivity contribution < 1.29 is 9.80 Å². The third-order valence-corrected chi connectivity index (χ3v) is 5.45. The van der Waals surface area contributed by atoms with Crippen LogP contribution in [0, 0.1) is 11.8 Å². The molecule has 2 aliphatic rings. The number of quaternary nitrogens is 2. The van der Waals surface area contributed by atoms with Crippen molar-refractivity contribution >= 4 is 0 Å². The first-order chi connectivity index (χ1) is 10.2. The van der Waals surface area contributed by atoms with Crippen LogP contribution in [-0.2, 0) is 6.54 Å². The van der Waals surface area contributed by atoms with E-state index >= 15 is 0 Å². The highest BCUT2D eigenvalue weighted by Gasteiger charge is 2.34. The van der Waals surface area contributed by atoms with Gasteiger partial charge in [0, 0.05) is 30.9 Å². The lowest BCUT2D eigenvalue weighted by Crippen LogP contribution is -3.21. The van der Waals surface area contributed by atoms with Gasteiger partial charge in [-0.15, -0.1) is 0 Å². The second-order valence-corrected chi connectivity index (χ2v) is 7.53. The molecule has 3 atom stereocenters. The maximum atomic E-state index is 4.48. The molecule has 0 aromatic carbocycles. The summed E-state index contributed by atoms with van der Waals surface area (Å²) in [5.41, 5.74) is 1.25. The van der Waals surface area contributed by atoms with Gasteiger partial charge in [-0.3, -0.25) is 4.98 Å². The molecule has 3 rings (SSSR count). The molecule has 1 aromatic heterocycles. The van der Waals surface area contributed by atoms with Crippen LogP contribution in [-0.4, -0.2) is 37.2 Å². The van der Waals surface area contributed by atoms with E-state index in [9.17, 15) is 0 Å². The molecule has 0 aliphatic carbocycles. The molecular formula is C18H31N3+2. The highest BCUT2D eigenvalue weighted by Crippen LogP contribution is 2.13. The Kier molecular flexibility index (Phi) is 4.91. The molecule has 0 amide bonds. The summed E-state index contributed by atoms with van der Waals surface area (Å²) in [6, 6.07) is 7.20. The average molecular weight is 289 g/mol. The molecule has 3 heterocycles. The Morgan fingerprint density at radius 3 is 2.43 bits per heavy atom. The molecule has 1 aromatic rings. The van der Waals surface area contributed by atoms with Crippen molar-refractivity contribution in [1.29, 1.82) is 0 Å². The minimum absolute atomic E-state index is 0.919. The number of rotatable bonds is 3. The lowest BCUT2D eigenvalue weighted by Gasteiger charge is -2.39. The van der Waals surface area contributed by atoms with Gasteiger partial charge in [0.05, 0.1) is 37.9 Å². The smallest absolute Gasteiger partial charge is 0.120 e. The van der Waals surface area contributed by atoms with Gasteiger partial charge in [0.25, 0.3) is 0 Å². The zero-order valence-electron chi connectivity index (χ0n) is 13.6. The summed E-state index contributed by atoms with van der Waals surface area (Å²) in [6.07, 6.45) is 6.16. The van der Waals surface area contributed by atoms with Gasteiger partial charge in [-0.1, -0.05) is 19.9 Å². The molecule has 2 saturated heterocycles. The molecule has 2 aliphatic heterocycles. The molecule has 1 unspecified atom stereocenters. The van der Waals surface area contributed by atoms with Gasteiger partial charge in [-0.2, -0.15) is 0 Å². The monoisotopic (exact) mass is 289 g/mol. The van der Waals surface area contributed by atoms with E-state index in [2.05, 4.69) is 31.0 Å². The Balaban J connectivity index is 1.48. The van der Waals surface area contributed by atoms with Gasteiger partial charge in [0.1, 0.15) is 6.54 Å². The van der Waals surface area contributed by atoms with Gasteiger partial charge in [0.15, 0.2) is 0 Å². The van der Waals surface area contributed by atoms with Crippen molar-refractivity contribution in [2.75, 3.05) is 26.2 Å². The van der Waals surface area contributed by atoms with Crippen LogP contribution >= 0.6 is 0 Å². The highest BCUT2D eigenvalue weighted by molar-refractivity contribution is 5.01. The number of aromatic nitrogens is 1. The van der Waals surface area contributed by atoms with Crippen LogP contribution in [0.5, 0.6) is 0 Å². The van der Waals surface area contributed by atoms with Crippen LogP contribution in [0.3, 0.4) is 0 Å². The number of hydrogen-bond donors (Lipinski definition) is 2. The van der Waals surface area contributed by atoms with Crippen molar-refractivity contribution in [3.05, 3.63) is 30.1 Å². The quantitative estimate of drug-likeness (QED) is 0.815. The molecular weight excluding hydrogens is 258 g/mol. The van der Waals surface area contributed by atoms with Gasteiger partial charge >= 0.3 is 0 Å². The van der Waals surface area contributed by atoms with Crippen LogP contribution in [0.25, 0.3) is 0 Å². The summed E-state index contributed by atoms with van der Waals surface area (Å²) in [5.74, 6) is 1.84. The van der Waals surface area contributed by atoms with Gasteiger partial charge < -0.3 is 9.80 Å². The maximum absolute atomic E-state index is 4.48. The Bertz CT molecular complexity index is 415. The van der Waals surface area contributed by atoms with Crippen molar-refractivity contribution in [2.24, 2.45) is 11.8 Å². The van der Waals surface area contributed by atoms with Crippen molar-refractivity contribution in [2.45, 2.75) is 45.7 Å². The zero-order chi connectivity index (χ0) is 14.7. The summed E-state index contributed by atoms with van der Waals surface area (Å²) >= 11 is 0. The predicted octanol–water partition coefficient (Wildman–Crippen LogP) is 0.190. The summed E-state index contributed by atoms with van der Waals surface area (Å²) in [5, 5.41) is 0.